The first kappa shape index (κ1) is 8.52. The number of aromatic nitrogens is 2. The van der Waals surface area contributed by atoms with Crippen LogP contribution in [0.5, 0.6) is 0 Å². The smallest absolute Gasteiger partial charge is 0.252 e. The SMILES string of the molecule is [2H]c1c(C)c([2H])c2c3c1-n1c4c([2H])c([2H])c([2H])c([2H])c4c4c([2H])c([2H])c([2H])c(c41)B3c1c([2H])c([2H])c([2H])c3c4c([2H])c([2H])c([2H])c([2H])c4n-2c13. The van der Waals surface area contributed by atoms with Gasteiger partial charge in [0.25, 0.3) is 6.71 Å². The molecule has 0 fully saturated rings. The molecule has 3 heteroatoms. The van der Waals surface area contributed by atoms with E-state index in [1.165, 1.54) is 16.1 Å². The second kappa shape index (κ2) is 5.63. The Morgan fingerprint density at radius 3 is 1.59 bits per heavy atom. The van der Waals surface area contributed by atoms with Gasteiger partial charge in [0, 0.05) is 44.0 Å². The van der Waals surface area contributed by atoms with E-state index in [9.17, 15) is 5.48 Å². The number of nitrogens with zero attached hydrogens (tertiary/aromatic N) is 2. The molecule has 9 rings (SSSR count). The zero-order chi connectivity index (χ0) is 36.1. The quantitative estimate of drug-likeness (QED) is 0.279. The fourth-order valence-corrected chi connectivity index (χ4v) is 5.74. The van der Waals surface area contributed by atoms with Gasteiger partial charge in [0.1, 0.15) is 0 Å². The standard InChI is InChI=1S/C31H19BN2/c1-18-16-27-29-28(17-18)34-26-15-5-3-9-20(26)22-11-7-13-24(31(22)34)32(29)23-12-6-10-21-19-8-2-4-14-25(19)33(27)30(21)23/h2-17H,1H3/i2D,3D,4D,5D,6D,7D,8D,9D,10D,11D,12D,13D,14D,15D,16D,17D. The molecule has 4 heterocycles. The Labute approximate surface area is 219 Å². The summed E-state index contributed by atoms with van der Waals surface area (Å²) in [6.07, 6.45) is 0. The highest BCUT2D eigenvalue weighted by atomic mass is 15.0. The van der Waals surface area contributed by atoms with Gasteiger partial charge in [-0.25, -0.2) is 0 Å². The van der Waals surface area contributed by atoms with Crippen LogP contribution in [0.3, 0.4) is 0 Å². The van der Waals surface area contributed by atoms with E-state index in [4.69, 9.17) is 16.4 Å². The zero-order valence-corrected chi connectivity index (χ0v) is 17.5. The number of para-hydroxylation sites is 4. The molecular formula is C31H19BN2. The van der Waals surface area contributed by atoms with E-state index in [1.807, 2.05) is 0 Å². The number of rotatable bonds is 0. The Kier molecular flexibility index (Phi) is 1.41. The van der Waals surface area contributed by atoms with E-state index in [0.29, 0.717) is 0 Å². The van der Waals surface area contributed by atoms with Crippen LogP contribution in [0.2, 0.25) is 0 Å². The summed E-state index contributed by atoms with van der Waals surface area (Å²) in [6.45, 7) is 0.195. The third kappa shape index (κ3) is 1.78. The maximum absolute atomic E-state index is 9.40. The van der Waals surface area contributed by atoms with E-state index in [0.717, 1.165) is 0 Å². The Morgan fingerprint density at radius 2 is 1.06 bits per heavy atom. The molecule has 2 nitrogen and oxygen atoms in total. The van der Waals surface area contributed by atoms with Gasteiger partial charge in [-0.05, 0) is 53.0 Å². The Balaban J connectivity index is 1.71. The molecule has 0 amide bonds. The van der Waals surface area contributed by atoms with E-state index in [2.05, 4.69) is 0 Å². The largest absolute Gasteiger partial charge is 0.310 e. The van der Waals surface area contributed by atoms with Crippen molar-refractivity contribution in [2.24, 2.45) is 0 Å². The molecule has 34 heavy (non-hydrogen) atoms. The summed E-state index contributed by atoms with van der Waals surface area (Å²) < 4.78 is 145. The van der Waals surface area contributed by atoms with Crippen LogP contribution in [0.25, 0.3) is 55.0 Å². The minimum Gasteiger partial charge on any atom is -0.310 e. The van der Waals surface area contributed by atoms with Crippen molar-refractivity contribution < 1.29 is 21.9 Å². The van der Waals surface area contributed by atoms with Crippen molar-refractivity contribution in [1.29, 1.82) is 0 Å². The van der Waals surface area contributed by atoms with Gasteiger partial charge in [-0.15, -0.1) is 0 Å². The molecule has 2 aliphatic rings. The maximum atomic E-state index is 9.40. The minimum atomic E-state index is -1.30. The fourth-order valence-electron chi connectivity index (χ4n) is 5.74. The fraction of sp³-hybridized carbons (Fsp3) is 0.0323. The van der Waals surface area contributed by atoms with E-state index < -0.39 is 91.3 Å². The molecule has 0 N–H and O–H groups in total. The molecule has 2 aromatic heterocycles. The van der Waals surface area contributed by atoms with E-state index in [-0.39, 0.29) is 89.0 Å². The lowest BCUT2D eigenvalue weighted by molar-refractivity contribution is 1.13. The Morgan fingerprint density at radius 1 is 0.588 bits per heavy atom. The second-order valence-electron chi connectivity index (χ2n) is 8.56. The van der Waals surface area contributed by atoms with Crippen molar-refractivity contribution in [3.63, 3.8) is 0 Å². The summed E-state index contributed by atoms with van der Waals surface area (Å²) >= 11 is 0. The molecule has 0 aliphatic carbocycles. The predicted octanol–water partition coefficient (Wildman–Crippen LogP) is 5.33. The van der Waals surface area contributed by atoms with Crippen LogP contribution in [0.1, 0.15) is 27.5 Å². The van der Waals surface area contributed by atoms with Crippen molar-refractivity contribution in [2.75, 3.05) is 0 Å². The van der Waals surface area contributed by atoms with Crippen LogP contribution < -0.4 is 16.4 Å². The number of hydrogen-bond donors (Lipinski definition) is 0. The third-order valence-electron chi connectivity index (χ3n) is 6.92. The van der Waals surface area contributed by atoms with Crippen LogP contribution in [-0.2, 0) is 0 Å². The summed E-state index contributed by atoms with van der Waals surface area (Å²) in [5.41, 5.74) is 0.0256. The van der Waals surface area contributed by atoms with Gasteiger partial charge in [0.15, 0.2) is 0 Å². The Bertz CT molecular complexity index is 2720. The number of benzene rings is 5. The maximum Gasteiger partial charge on any atom is 0.252 e. The highest BCUT2D eigenvalue weighted by Crippen LogP contribution is 2.38. The molecule has 0 saturated heterocycles. The average molecular weight is 446 g/mol. The van der Waals surface area contributed by atoms with Gasteiger partial charge in [-0.1, -0.05) is 72.5 Å². The lowest BCUT2D eigenvalue weighted by atomic mass is 9.34. The summed E-state index contributed by atoms with van der Waals surface area (Å²) in [5, 5.41) is -0.357. The van der Waals surface area contributed by atoms with Crippen molar-refractivity contribution >= 4 is 66.7 Å². The molecule has 0 saturated carbocycles. The van der Waals surface area contributed by atoms with Gasteiger partial charge in [0.2, 0.25) is 0 Å². The van der Waals surface area contributed by atoms with Crippen LogP contribution in [0, 0.1) is 6.92 Å². The van der Waals surface area contributed by atoms with Crippen molar-refractivity contribution in [1.82, 2.24) is 9.13 Å². The van der Waals surface area contributed by atoms with Crippen LogP contribution >= 0.6 is 0 Å². The highest BCUT2D eigenvalue weighted by molar-refractivity contribution is 7.00. The van der Waals surface area contributed by atoms with Crippen LogP contribution in [-0.4, -0.2) is 15.8 Å². The molecular weight excluding hydrogens is 411 g/mol. The van der Waals surface area contributed by atoms with E-state index >= 15 is 0 Å². The molecule has 7 aromatic rings. The van der Waals surface area contributed by atoms with E-state index in [1.54, 1.807) is 0 Å². The summed E-state index contributed by atoms with van der Waals surface area (Å²) in [7, 11) is 0. The highest BCUT2D eigenvalue weighted by Gasteiger charge is 2.40. The zero-order valence-electron chi connectivity index (χ0n) is 33.5. The van der Waals surface area contributed by atoms with Gasteiger partial charge in [0.05, 0.1) is 33.0 Å². The molecule has 0 bridgehead atoms. The molecule has 2 aliphatic heterocycles. The molecule has 0 radical (unpaired) electrons. The summed E-state index contributed by atoms with van der Waals surface area (Å²) in [4.78, 5) is 0. The average Bonchev–Trinajstić information content (AvgIpc) is 3.63. The number of hydrogen-bond acceptors (Lipinski definition) is 0. The van der Waals surface area contributed by atoms with Gasteiger partial charge in [-0.2, -0.15) is 0 Å². The molecule has 0 atom stereocenters. The van der Waals surface area contributed by atoms with Crippen LogP contribution in [0.15, 0.2) is 96.7 Å². The molecule has 0 spiro atoms. The van der Waals surface area contributed by atoms with Gasteiger partial charge in [-0.3, -0.25) is 0 Å². The van der Waals surface area contributed by atoms with Crippen molar-refractivity contribution in [2.45, 2.75) is 6.92 Å². The Hall–Kier alpha value is -4.24. The third-order valence-corrected chi connectivity index (χ3v) is 6.92. The topological polar surface area (TPSA) is 9.86 Å². The van der Waals surface area contributed by atoms with Gasteiger partial charge < -0.3 is 9.13 Å². The molecule has 5 aromatic carbocycles. The first-order chi connectivity index (χ1) is 23.5. The normalized spacial score (nSPS) is 20.0. The number of fused-ring (bicyclic) bond motifs is 10. The second-order valence-corrected chi connectivity index (χ2v) is 8.56. The van der Waals surface area contributed by atoms with Crippen molar-refractivity contribution in [3.05, 3.63) is 102 Å². The monoisotopic (exact) mass is 446 g/mol. The first-order valence-electron chi connectivity index (χ1n) is 18.7. The minimum absolute atomic E-state index is 0.00606. The molecule has 0 unspecified atom stereocenters. The van der Waals surface area contributed by atoms with Crippen molar-refractivity contribution in [3.8, 4) is 11.4 Å². The first-order valence-corrected chi connectivity index (χ1v) is 10.7. The van der Waals surface area contributed by atoms with Crippen LogP contribution in [0.4, 0.5) is 0 Å². The summed E-state index contributed by atoms with van der Waals surface area (Å²) in [6, 6.07) is -7.97. The lowest BCUT2D eigenvalue weighted by Crippen LogP contribution is -2.59. The molecule has 156 valence electrons. The van der Waals surface area contributed by atoms with Gasteiger partial charge >= 0.3 is 0 Å². The summed E-state index contributed by atoms with van der Waals surface area (Å²) in [5.74, 6) is 0. The lowest BCUT2D eigenvalue weighted by Gasteiger charge is -2.34. The predicted molar refractivity (Wildman–Crippen MR) is 145 cm³/mol.